The molecular weight excluding hydrogens is 1020 g/mol. The van der Waals surface area contributed by atoms with Gasteiger partial charge in [-0.1, -0.05) is 48.2 Å². The van der Waals surface area contributed by atoms with Gasteiger partial charge in [0, 0.05) is 77.2 Å². The third-order valence-corrected chi connectivity index (χ3v) is 18.2. The molecule has 6 aliphatic rings. The smallest absolute Gasteiger partial charge is 0.310 e. The van der Waals surface area contributed by atoms with Crippen LogP contribution in [0.2, 0.25) is 10.0 Å². The maximum Gasteiger partial charge on any atom is 0.310 e. The Labute approximate surface area is 449 Å². The van der Waals surface area contributed by atoms with Gasteiger partial charge in [0.15, 0.2) is 5.82 Å². The van der Waals surface area contributed by atoms with E-state index in [-0.39, 0.29) is 75.1 Å². The Kier molecular flexibility index (Phi) is 14.9. The topological polar surface area (TPSA) is 218 Å². The van der Waals surface area contributed by atoms with Gasteiger partial charge in [0.25, 0.3) is 0 Å². The molecule has 4 fully saturated rings. The molecule has 10 rings (SSSR count). The predicted octanol–water partition coefficient (Wildman–Crippen LogP) is 6.49. The van der Waals surface area contributed by atoms with E-state index in [9.17, 15) is 33.9 Å². The van der Waals surface area contributed by atoms with Crippen molar-refractivity contribution in [3.05, 3.63) is 90.8 Å². The lowest BCUT2D eigenvalue weighted by Crippen LogP contribution is -2.52. The summed E-state index contributed by atoms with van der Waals surface area (Å²) in [6, 6.07) is 9.70. The lowest BCUT2D eigenvalue weighted by molar-refractivity contribution is -0.162. The highest BCUT2D eigenvalue weighted by Crippen LogP contribution is 2.54. The number of benzene rings is 2. The van der Waals surface area contributed by atoms with E-state index in [2.05, 4.69) is 34.7 Å². The number of carbonyl (C=O) groups is 6. The first-order valence-corrected chi connectivity index (χ1v) is 27.6. The Morgan fingerprint density at radius 3 is 2.48 bits per heavy atom. The molecule has 5 atom stereocenters. The largest absolute Gasteiger partial charge is 0.488 e. The van der Waals surface area contributed by atoms with Crippen LogP contribution >= 0.6 is 34.5 Å². The van der Waals surface area contributed by atoms with Gasteiger partial charge in [-0.05, 0) is 101 Å². The summed E-state index contributed by atoms with van der Waals surface area (Å²) in [5.74, 6) is -1.20. The second-order valence-electron chi connectivity index (χ2n) is 21.4. The number of thiophene rings is 1. The van der Waals surface area contributed by atoms with E-state index >= 15 is 0 Å². The normalized spacial score (nSPS) is 23.5. The van der Waals surface area contributed by atoms with Crippen molar-refractivity contribution < 1.29 is 43.3 Å². The Hall–Kier alpha value is -5.89. The van der Waals surface area contributed by atoms with Crippen LogP contribution in [0.15, 0.2) is 41.4 Å². The quantitative estimate of drug-likeness (QED) is 0.103. The van der Waals surface area contributed by atoms with Gasteiger partial charge in [-0.3, -0.25) is 38.3 Å². The van der Waals surface area contributed by atoms with E-state index in [0.29, 0.717) is 79.2 Å². The molecule has 4 aromatic rings. The van der Waals surface area contributed by atoms with Crippen molar-refractivity contribution in [1.29, 1.82) is 0 Å². The van der Waals surface area contributed by atoms with Crippen molar-refractivity contribution in [2.75, 3.05) is 59.0 Å². The fourth-order valence-electron chi connectivity index (χ4n) is 11.8. The molecule has 21 heteroatoms. The minimum absolute atomic E-state index is 0.00362. The molecule has 0 bridgehead atoms. The zero-order valence-electron chi connectivity index (χ0n) is 42.7. The number of likely N-dealkylation sites (tertiary alicyclic amines) is 2. The number of aliphatic carboxylic acids is 1. The third-order valence-electron chi connectivity index (χ3n) is 16.4. The van der Waals surface area contributed by atoms with Crippen molar-refractivity contribution in [1.82, 2.24) is 40.1 Å². The fourth-order valence-corrected chi connectivity index (χ4v) is 13.4. The molecule has 18 nitrogen and oxygen atoms in total. The minimum atomic E-state index is -1.20. The van der Waals surface area contributed by atoms with E-state index in [1.165, 1.54) is 0 Å². The molecule has 2 aromatic heterocycles. The fraction of sp³-hybridized carbons (Fsp3) is 0.537. The number of hydrogen-bond acceptors (Lipinski definition) is 12. The first-order chi connectivity index (χ1) is 35.9. The summed E-state index contributed by atoms with van der Waals surface area (Å²) in [5.41, 5.74) is 3.95. The van der Waals surface area contributed by atoms with Gasteiger partial charge >= 0.3 is 5.97 Å². The molecule has 0 unspecified atom stereocenters. The van der Waals surface area contributed by atoms with Gasteiger partial charge in [0.2, 0.25) is 29.5 Å². The number of rotatable bonds is 16. The number of carboxylic acid groups (broad SMARTS) is 1. The molecule has 6 heterocycles. The zero-order chi connectivity index (χ0) is 52.9. The average molecular weight is 1090 g/mol. The van der Waals surface area contributed by atoms with Crippen LogP contribution in [0.5, 0.6) is 5.75 Å². The molecule has 2 saturated carbocycles. The molecule has 0 radical (unpaired) electrons. The number of amides is 5. The van der Waals surface area contributed by atoms with Gasteiger partial charge in [-0.2, -0.15) is 0 Å². The van der Waals surface area contributed by atoms with E-state index < -0.39 is 41.2 Å². The molecule has 4 aliphatic heterocycles. The minimum Gasteiger partial charge on any atom is -0.488 e. The second kappa shape index (κ2) is 21.3. The summed E-state index contributed by atoms with van der Waals surface area (Å²) in [4.78, 5) is 92.2. The number of nitrogens with one attached hydrogen (secondary N) is 2. The van der Waals surface area contributed by atoms with Gasteiger partial charge in [-0.15, -0.1) is 21.5 Å². The van der Waals surface area contributed by atoms with Crippen molar-refractivity contribution >= 4 is 75.8 Å². The number of carbonyl (C=O) groups excluding carboxylic acids is 5. The maximum absolute atomic E-state index is 14.7. The summed E-state index contributed by atoms with van der Waals surface area (Å²) < 4.78 is 14.4. The third kappa shape index (κ3) is 10.5. The van der Waals surface area contributed by atoms with Gasteiger partial charge in [-0.25, -0.2) is 0 Å². The molecule has 2 aliphatic carbocycles. The molecular formula is C54H63Cl2N9O9S. The Bertz CT molecular complexity index is 2970. The van der Waals surface area contributed by atoms with Gasteiger partial charge < -0.3 is 39.9 Å². The van der Waals surface area contributed by atoms with Crippen LogP contribution in [-0.4, -0.2) is 141 Å². The van der Waals surface area contributed by atoms with Crippen molar-refractivity contribution in [2.45, 2.75) is 110 Å². The SMILES string of the molecule is Cc1sc2c(c1C)C(c1ccc(Cl)cc1)=N[C@@H](CC(=O)NCC(=O)NCCOCC(=O)N1CC[C@H](Oc3ccc(Cl)c4c3[C@@H](CN3CC5(CC5)CC3=O)N(C(=O)[C@@H]3CCCC[C@]3(C)C(=O)O)CC4)C1)c1nnc(C)n1-2. The first-order valence-electron chi connectivity index (χ1n) is 26.0. The first kappa shape index (κ1) is 52.5. The number of halogens is 2. The number of hydrogen-bond donors (Lipinski definition) is 3. The zero-order valence-corrected chi connectivity index (χ0v) is 45.0. The molecule has 3 N–H and O–H groups in total. The van der Waals surface area contributed by atoms with Crippen LogP contribution in [0.25, 0.3) is 5.00 Å². The van der Waals surface area contributed by atoms with Gasteiger partial charge in [0.05, 0.1) is 49.2 Å². The Morgan fingerprint density at radius 1 is 0.947 bits per heavy atom. The number of aryl methyl sites for hydroxylation is 2. The summed E-state index contributed by atoms with van der Waals surface area (Å²) in [6.45, 7) is 9.24. The molecule has 1 spiro atoms. The number of carboxylic acids is 1. The van der Waals surface area contributed by atoms with E-state index in [1.807, 2.05) is 28.5 Å². The average Bonchev–Trinajstić information content (AvgIpc) is 3.61. The molecule has 398 valence electrons. The lowest BCUT2D eigenvalue weighted by Gasteiger charge is -2.45. The molecule has 2 aromatic carbocycles. The van der Waals surface area contributed by atoms with Crippen LogP contribution < -0.4 is 15.4 Å². The van der Waals surface area contributed by atoms with Crippen LogP contribution in [0.4, 0.5) is 0 Å². The summed E-state index contributed by atoms with van der Waals surface area (Å²) in [6.07, 6.45) is 5.37. The van der Waals surface area contributed by atoms with E-state index in [0.717, 1.165) is 69.1 Å². The standard InChI is InChI=1S/C54H63Cl2N9O9S/c1-30-31(2)75-51-46(30)48(33-8-10-34(55)11-9-33)59-39(49-61-60-32(3)65(49)51)23-42(66)58-25-43(67)57-19-22-73-28-45(69)62-20-14-35(26-62)74-41-13-12-38(56)36-15-21-64(50(70)37-7-5-6-16-53(37,4)52(71)72)40(47(36)41)27-63-29-54(17-18-54)24-44(63)68/h8-13,35,37,39-40H,5-7,14-29H2,1-4H3,(H,57,67)(H,58,66)(H,71,72)/t35-,37-,39-,40+,53-/m0/s1. The Balaban J connectivity index is 0.722. The lowest BCUT2D eigenvalue weighted by atomic mass is 9.66. The van der Waals surface area contributed by atoms with Crippen LogP contribution in [-0.2, 0) is 39.9 Å². The highest BCUT2D eigenvalue weighted by molar-refractivity contribution is 7.15. The number of nitrogens with zero attached hydrogens (tertiary/aromatic N) is 7. The highest BCUT2D eigenvalue weighted by Gasteiger charge is 2.54. The second-order valence-corrected chi connectivity index (χ2v) is 23.4. The monoisotopic (exact) mass is 1080 g/mol. The Morgan fingerprint density at radius 2 is 1.73 bits per heavy atom. The van der Waals surface area contributed by atoms with Crippen LogP contribution in [0, 0.1) is 37.5 Å². The summed E-state index contributed by atoms with van der Waals surface area (Å²) in [5, 5.41) is 26.7. The van der Waals surface area contributed by atoms with E-state index in [1.54, 1.807) is 52.3 Å². The summed E-state index contributed by atoms with van der Waals surface area (Å²) >= 11 is 14.8. The predicted molar refractivity (Wildman–Crippen MR) is 281 cm³/mol. The number of aliphatic imine (C=N–C) groups is 1. The number of ether oxygens (including phenoxy) is 2. The van der Waals surface area contributed by atoms with Crippen molar-refractivity contribution in [3.63, 3.8) is 0 Å². The van der Waals surface area contributed by atoms with E-state index in [4.69, 9.17) is 37.7 Å². The van der Waals surface area contributed by atoms with Crippen molar-refractivity contribution in [3.8, 4) is 10.8 Å². The maximum atomic E-state index is 14.7. The van der Waals surface area contributed by atoms with Crippen LogP contribution in [0.3, 0.4) is 0 Å². The van der Waals surface area contributed by atoms with Crippen molar-refractivity contribution in [2.24, 2.45) is 21.7 Å². The molecule has 2 saturated heterocycles. The van der Waals surface area contributed by atoms with Crippen LogP contribution in [0.1, 0.15) is 121 Å². The molecule has 5 amide bonds. The highest BCUT2D eigenvalue weighted by atomic mass is 35.5. The van der Waals surface area contributed by atoms with Gasteiger partial charge in [0.1, 0.15) is 35.3 Å². The number of aromatic nitrogens is 3. The number of fused-ring (bicyclic) bond motifs is 4. The summed E-state index contributed by atoms with van der Waals surface area (Å²) in [7, 11) is 0. The molecule has 75 heavy (non-hydrogen) atoms.